The zero-order valence-corrected chi connectivity index (χ0v) is 10.6. The number of fused-ring (bicyclic) bond motifs is 1. The summed E-state index contributed by atoms with van der Waals surface area (Å²) >= 11 is 0. The molecule has 0 fully saturated rings. The number of H-pyrrole nitrogens is 2. The summed E-state index contributed by atoms with van der Waals surface area (Å²) in [5, 5.41) is 30.3. The summed E-state index contributed by atoms with van der Waals surface area (Å²) in [6.07, 6.45) is -0.650. The highest BCUT2D eigenvalue weighted by atomic mass is 16.4. The highest BCUT2D eigenvalue weighted by molar-refractivity contribution is 5.78. The molecule has 9 nitrogen and oxygen atoms in total. The topological polar surface area (TPSA) is 160 Å². The number of aliphatic hydroxyl groups excluding tert-OH is 3. The highest BCUT2D eigenvalue weighted by Crippen LogP contribution is 2.12. The molecule has 0 amide bonds. The second-order valence-electron chi connectivity index (χ2n) is 4.44. The van der Waals surface area contributed by atoms with Crippen LogP contribution in [-0.2, 0) is 6.54 Å². The Balaban J connectivity index is 2.06. The molecule has 110 valence electrons. The van der Waals surface area contributed by atoms with Crippen LogP contribution in [0.3, 0.4) is 0 Å². The number of aromatic nitrogens is 3. The van der Waals surface area contributed by atoms with Crippen molar-refractivity contribution in [2.45, 2.75) is 18.8 Å². The molecule has 0 saturated carbocycles. The third-order valence-corrected chi connectivity index (χ3v) is 2.93. The van der Waals surface area contributed by atoms with Gasteiger partial charge in [0, 0.05) is 24.8 Å². The van der Waals surface area contributed by atoms with Crippen molar-refractivity contribution in [1.29, 1.82) is 0 Å². The molecule has 2 heterocycles. The van der Waals surface area contributed by atoms with Crippen LogP contribution in [0, 0.1) is 0 Å². The van der Waals surface area contributed by atoms with Crippen molar-refractivity contribution < 1.29 is 15.3 Å². The molecular weight excluding hydrogens is 266 g/mol. The van der Waals surface area contributed by atoms with Crippen molar-refractivity contribution in [1.82, 2.24) is 20.3 Å². The largest absolute Gasteiger partial charge is 0.394 e. The normalized spacial score (nSPS) is 14.6. The van der Waals surface area contributed by atoms with Crippen LogP contribution < -0.4 is 16.6 Å². The van der Waals surface area contributed by atoms with Gasteiger partial charge in [-0.25, -0.2) is 4.98 Å². The Morgan fingerprint density at radius 3 is 2.85 bits per heavy atom. The fourth-order valence-corrected chi connectivity index (χ4v) is 1.83. The molecule has 2 atom stereocenters. The Morgan fingerprint density at radius 2 is 2.15 bits per heavy atom. The number of nitrogens with two attached hydrogens (primary N) is 1. The molecule has 0 spiro atoms. The standard InChI is InChI=1S/C11H17N5O4/c12-11-15-8-5(2-14-9(8)10(20)16-11)1-13-3-6(18)7(19)4-17/h2,6-7,13-14,17-19H,1,3-4H2,(H3,12,15,16,20). The maximum atomic E-state index is 11.6. The minimum Gasteiger partial charge on any atom is -0.394 e. The van der Waals surface area contributed by atoms with Crippen molar-refractivity contribution >= 4 is 17.0 Å². The van der Waals surface area contributed by atoms with E-state index in [-0.39, 0.29) is 18.1 Å². The summed E-state index contributed by atoms with van der Waals surface area (Å²) in [6.45, 7) is -0.0957. The molecule has 0 aliphatic heterocycles. The molecule has 2 unspecified atom stereocenters. The maximum Gasteiger partial charge on any atom is 0.276 e. The molecule has 0 aliphatic carbocycles. The molecule has 8 N–H and O–H groups in total. The summed E-state index contributed by atoms with van der Waals surface area (Å²) in [5.41, 5.74) is 6.63. The summed E-state index contributed by atoms with van der Waals surface area (Å²) in [5.74, 6) is 0.0269. The first kappa shape index (κ1) is 14.5. The number of rotatable bonds is 6. The predicted molar refractivity (Wildman–Crippen MR) is 71.9 cm³/mol. The Morgan fingerprint density at radius 1 is 1.40 bits per heavy atom. The van der Waals surface area contributed by atoms with Gasteiger partial charge in [-0.15, -0.1) is 0 Å². The van der Waals surface area contributed by atoms with E-state index in [0.717, 1.165) is 0 Å². The number of aliphatic hydroxyl groups is 3. The Labute approximate surface area is 113 Å². The van der Waals surface area contributed by atoms with Crippen LogP contribution in [0.4, 0.5) is 5.95 Å². The van der Waals surface area contributed by atoms with Crippen LogP contribution in [0.1, 0.15) is 5.56 Å². The smallest absolute Gasteiger partial charge is 0.276 e. The number of nitrogen functional groups attached to an aromatic ring is 1. The van der Waals surface area contributed by atoms with E-state index in [1.807, 2.05) is 0 Å². The van der Waals surface area contributed by atoms with Crippen molar-refractivity contribution in [2.75, 3.05) is 18.9 Å². The van der Waals surface area contributed by atoms with Crippen LogP contribution in [0.15, 0.2) is 11.0 Å². The molecule has 0 aliphatic rings. The number of aromatic amines is 2. The molecule has 0 aromatic carbocycles. The van der Waals surface area contributed by atoms with E-state index < -0.39 is 18.8 Å². The Hall–Kier alpha value is -1.94. The van der Waals surface area contributed by atoms with Crippen molar-refractivity contribution in [3.8, 4) is 0 Å². The molecule has 0 saturated heterocycles. The molecule has 2 aromatic heterocycles. The highest BCUT2D eigenvalue weighted by Gasteiger charge is 2.15. The Bertz CT molecular complexity index is 637. The van der Waals surface area contributed by atoms with Gasteiger partial charge in [-0.1, -0.05) is 0 Å². The monoisotopic (exact) mass is 283 g/mol. The van der Waals surface area contributed by atoms with E-state index in [0.29, 0.717) is 23.1 Å². The van der Waals surface area contributed by atoms with Crippen LogP contribution >= 0.6 is 0 Å². The number of nitrogens with one attached hydrogen (secondary N) is 3. The van der Waals surface area contributed by atoms with Crippen LogP contribution in [0.25, 0.3) is 11.0 Å². The van der Waals surface area contributed by atoms with Gasteiger partial charge in [0.2, 0.25) is 5.95 Å². The van der Waals surface area contributed by atoms with E-state index in [1.54, 1.807) is 6.20 Å². The third-order valence-electron chi connectivity index (χ3n) is 2.93. The van der Waals surface area contributed by atoms with Crippen LogP contribution in [0.2, 0.25) is 0 Å². The third kappa shape index (κ3) is 2.96. The summed E-state index contributed by atoms with van der Waals surface area (Å²) in [4.78, 5) is 20.8. The first-order valence-corrected chi connectivity index (χ1v) is 6.06. The van der Waals surface area contributed by atoms with Gasteiger partial charge in [-0.05, 0) is 0 Å². The quantitative estimate of drug-likeness (QED) is 0.312. The number of hydrogen-bond donors (Lipinski definition) is 7. The van der Waals surface area contributed by atoms with Gasteiger partial charge in [0.15, 0.2) is 0 Å². The summed E-state index contributed by atoms with van der Waals surface area (Å²) < 4.78 is 0. The van der Waals surface area contributed by atoms with Gasteiger partial charge in [0.1, 0.15) is 17.1 Å². The maximum absolute atomic E-state index is 11.6. The zero-order valence-electron chi connectivity index (χ0n) is 10.6. The van der Waals surface area contributed by atoms with Crippen LogP contribution in [0.5, 0.6) is 0 Å². The van der Waals surface area contributed by atoms with E-state index in [2.05, 4.69) is 20.3 Å². The van der Waals surface area contributed by atoms with Gasteiger partial charge >= 0.3 is 0 Å². The molecule has 0 radical (unpaired) electrons. The number of nitrogens with zero attached hydrogens (tertiary/aromatic N) is 1. The average Bonchev–Trinajstić information content (AvgIpc) is 2.81. The lowest BCUT2D eigenvalue weighted by Crippen LogP contribution is -2.38. The minimum absolute atomic E-state index is 0.0269. The van der Waals surface area contributed by atoms with E-state index in [1.165, 1.54) is 0 Å². The predicted octanol–water partition coefficient (Wildman–Crippen LogP) is -2.36. The lowest BCUT2D eigenvalue weighted by molar-refractivity contribution is -0.0129. The zero-order chi connectivity index (χ0) is 14.7. The van der Waals surface area contributed by atoms with Gasteiger partial charge in [0.25, 0.3) is 5.56 Å². The first-order valence-electron chi connectivity index (χ1n) is 6.06. The van der Waals surface area contributed by atoms with Crippen molar-refractivity contribution in [3.05, 3.63) is 22.1 Å². The lowest BCUT2D eigenvalue weighted by atomic mass is 10.2. The lowest BCUT2D eigenvalue weighted by Gasteiger charge is -2.15. The average molecular weight is 283 g/mol. The van der Waals surface area contributed by atoms with Crippen molar-refractivity contribution in [2.24, 2.45) is 0 Å². The van der Waals surface area contributed by atoms with Gasteiger partial charge < -0.3 is 31.4 Å². The van der Waals surface area contributed by atoms with Crippen LogP contribution in [-0.4, -0.2) is 55.6 Å². The second kappa shape index (κ2) is 6.01. The SMILES string of the molecule is Nc1nc2c(CNCC(O)C(O)CO)c[nH]c2c(=O)[nH]1. The van der Waals surface area contributed by atoms with Gasteiger partial charge in [0.05, 0.1) is 12.7 Å². The molecular formula is C11H17N5O4. The van der Waals surface area contributed by atoms with Gasteiger partial charge in [-0.3, -0.25) is 9.78 Å². The van der Waals surface area contributed by atoms with Crippen molar-refractivity contribution in [3.63, 3.8) is 0 Å². The fourth-order valence-electron chi connectivity index (χ4n) is 1.83. The van der Waals surface area contributed by atoms with E-state index >= 15 is 0 Å². The van der Waals surface area contributed by atoms with E-state index in [9.17, 15) is 15.0 Å². The summed E-state index contributed by atoms with van der Waals surface area (Å²) in [6, 6.07) is 0. The molecule has 9 heteroatoms. The minimum atomic E-state index is -1.19. The Kier molecular flexibility index (Phi) is 4.35. The summed E-state index contributed by atoms with van der Waals surface area (Å²) in [7, 11) is 0. The molecule has 0 bridgehead atoms. The molecule has 2 aromatic rings. The molecule has 20 heavy (non-hydrogen) atoms. The number of anilines is 1. The fraction of sp³-hybridized carbons (Fsp3) is 0.455. The number of hydrogen-bond acceptors (Lipinski definition) is 7. The van der Waals surface area contributed by atoms with E-state index in [4.69, 9.17) is 10.8 Å². The van der Waals surface area contributed by atoms with Gasteiger partial charge in [-0.2, -0.15) is 0 Å². The first-order chi connectivity index (χ1) is 9.52. The molecule has 2 rings (SSSR count). The second-order valence-corrected chi connectivity index (χ2v) is 4.44.